The highest BCUT2D eigenvalue weighted by Crippen LogP contribution is 2.10. The summed E-state index contributed by atoms with van der Waals surface area (Å²) in [6.45, 7) is 6.72. The van der Waals surface area contributed by atoms with Gasteiger partial charge in [0.2, 0.25) is 0 Å². The number of carbonyl (C=O) groups is 1. The maximum Gasteiger partial charge on any atom is 0.306 e. The molecule has 0 bridgehead atoms. The highest BCUT2D eigenvalue weighted by Gasteiger charge is 2.11. The van der Waals surface area contributed by atoms with Crippen molar-refractivity contribution in [3.8, 4) is 0 Å². The normalized spacial score (nSPS) is 14.1. The zero-order valence-corrected chi connectivity index (χ0v) is 12.0. The predicted molar refractivity (Wildman–Crippen MR) is 75.9 cm³/mol. The van der Waals surface area contributed by atoms with Crippen molar-refractivity contribution >= 4 is 5.97 Å². The van der Waals surface area contributed by atoms with Gasteiger partial charge < -0.3 is 10.4 Å². The van der Waals surface area contributed by atoms with Gasteiger partial charge in [-0.1, -0.05) is 19.4 Å². The van der Waals surface area contributed by atoms with E-state index in [1.807, 2.05) is 12.3 Å². The molecule has 1 aromatic rings. The average molecular weight is 264 g/mol. The van der Waals surface area contributed by atoms with Gasteiger partial charge >= 0.3 is 5.97 Å². The number of carboxylic acids is 1. The van der Waals surface area contributed by atoms with E-state index in [9.17, 15) is 4.79 Å². The van der Waals surface area contributed by atoms with E-state index >= 15 is 0 Å². The fourth-order valence-electron chi connectivity index (χ4n) is 1.93. The Morgan fingerprint density at radius 3 is 2.79 bits per heavy atom. The molecule has 0 radical (unpaired) electrons. The third-order valence-corrected chi connectivity index (χ3v) is 3.43. The number of nitrogens with one attached hydrogen (secondary N) is 1. The van der Waals surface area contributed by atoms with Crippen LogP contribution in [0.4, 0.5) is 0 Å². The largest absolute Gasteiger partial charge is 0.481 e. The topological polar surface area (TPSA) is 62.2 Å². The first-order valence-electron chi connectivity index (χ1n) is 6.87. The van der Waals surface area contributed by atoms with Gasteiger partial charge in [-0.25, -0.2) is 0 Å². The minimum Gasteiger partial charge on any atom is -0.481 e. The van der Waals surface area contributed by atoms with Crippen LogP contribution in [-0.2, 0) is 11.3 Å². The average Bonchev–Trinajstić information content (AvgIpc) is 2.37. The molecule has 1 heterocycles. The molecule has 0 saturated carbocycles. The fraction of sp³-hybridized carbons (Fsp3) is 0.600. The van der Waals surface area contributed by atoms with Crippen LogP contribution in [0.5, 0.6) is 0 Å². The molecule has 0 spiro atoms. The molecule has 0 aliphatic carbocycles. The summed E-state index contributed by atoms with van der Waals surface area (Å²) in [5.41, 5.74) is 2.27. The van der Waals surface area contributed by atoms with Crippen LogP contribution in [0.25, 0.3) is 0 Å². The van der Waals surface area contributed by atoms with Gasteiger partial charge in [0.05, 0.1) is 11.6 Å². The lowest BCUT2D eigenvalue weighted by molar-refractivity contribution is -0.141. The molecule has 19 heavy (non-hydrogen) atoms. The Bertz CT molecular complexity index is 407. The molecular formula is C15H24N2O2. The first kappa shape index (κ1) is 15.6. The van der Waals surface area contributed by atoms with Crippen molar-refractivity contribution in [1.82, 2.24) is 10.3 Å². The molecule has 0 fully saturated rings. The Hall–Kier alpha value is -1.42. The molecule has 0 aliphatic rings. The summed E-state index contributed by atoms with van der Waals surface area (Å²) in [5, 5.41) is 12.2. The Morgan fingerprint density at radius 1 is 1.42 bits per heavy atom. The number of pyridine rings is 1. The third-order valence-electron chi connectivity index (χ3n) is 3.43. The van der Waals surface area contributed by atoms with Gasteiger partial charge in [-0.15, -0.1) is 0 Å². The number of hydrogen-bond acceptors (Lipinski definition) is 3. The Kier molecular flexibility index (Phi) is 6.50. The number of rotatable bonds is 8. The maximum absolute atomic E-state index is 10.7. The molecular weight excluding hydrogens is 240 g/mol. The molecule has 0 aliphatic heterocycles. The maximum atomic E-state index is 10.7. The van der Waals surface area contributed by atoms with E-state index in [4.69, 9.17) is 5.11 Å². The fourth-order valence-corrected chi connectivity index (χ4v) is 1.93. The van der Waals surface area contributed by atoms with E-state index in [1.54, 1.807) is 6.92 Å². The van der Waals surface area contributed by atoms with Gasteiger partial charge in [-0.3, -0.25) is 9.78 Å². The standard InChI is InChI=1S/C15H24N2O2/c1-11-7-5-9-16-14(11)10-17-13(3)8-4-6-12(2)15(18)19/h5,7,9,12-13,17H,4,6,8,10H2,1-3H3,(H,18,19). The number of hydrogen-bond donors (Lipinski definition) is 2. The number of aryl methyl sites for hydroxylation is 1. The molecule has 0 saturated heterocycles. The summed E-state index contributed by atoms with van der Waals surface area (Å²) >= 11 is 0. The second kappa shape index (κ2) is 7.89. The van der Waals surface area contributed by atoms with Crippen LogP contribution in [0.15, 0.2) is 18.3 Å². The second-order valence-electron chi connectivity index (χ2n) is 5.22. The number of aromatic nitrogens is 1. The lowest BCUT2D eigenvalue weighted by Crippen LogP contribution is -2.26. The van der Waals surface area contributed by atoms with Crippen LogP contribution in [0, 0.1) is 12.8 Å². The van der Waals surface area contributed by atoms with Crippen molar-refractivity contribution in [2.24, 2.45) is 5.92 Å². The number of nitrogens with zero attached hydrogens (tertiary/aromatic N) is 1. The zero-order valence-electron chi connectivity index (χ0n) is 12.0. The summed E-state index contributed by atoms with van der Waals surface area (Å²) < 4.78 is 0. The quantitative estimate of drug-likeness (QED) is 0.758. The molecule has 2 N–H and O–H groups in total. The molecule has 106 valence electrons. The summed E-state index contributed by atoms with van der Waals surface area (Å²) in [6, 6.07) is 4.38. The van der Waals surface area contributed by atoms with Gasteiger partial charge in [0.25, 0.3) is 0 Å². The van der Waals surface area contributed by atoms with E-state index in [-0.39, 0.29) is 5.92 Å². The molecule has 1 aromatic heterocycles. The van der Waals surface area contributed by atoms with Crippen molar-refractivity contribution < 1.29 is 9.90 Å². The molecule has 2 unspecified atom stereocenters. The molecule has 2 atom stereocenters. The summed E-state index contributed by atoms with van der Waals surface area (Å²) in [7, 11) is 0. The lowest BCUT2D eigenvalue weighted by Gasteiger charge is -2.15. The van der Waals surface area contributed by atoms with Crippen molar-refractivity contribution in [3.05, 3.63) is 29.6 Å². The van der Waals surface area contributed by atoms with Gasteiger partial charge in [0.15, 0.2) is 0 Å². The van der Waals surface area contributed by atoms with Crippen LogP contribution < -0.4 is 5.32 Å². The van der Waals surface area contributed by atoms with E-state index in [0.29, 0.717) is 6.04 Å². The second-order valence-corrected chi connectivity index (χ2v) is 5.22. The van der Waals surface area contributed by atoms with Crippen molar-refractivity contribution in [2.45, 2.75) is 52.6 Å². The summed E-state index contributed by atoms with van der Waals surface area (Å²) in [6.07, 6.45) is 4.47. The SMILES string of the molecule is Cc1cccnc1CNC(C)CCCC(C)C(=O)O. The van der Waals surface area contributed by atoms with Gasteiger partial charge in [0, 0.05) is 18.8 Å². The summed E-state index contributed by atoms with van der Waals surface area (Å²) in [5.74, 6) is -0.949. The Labute approximate surface area is 115 Å². The third kappa shape index (κ3) is 5.83. The molecule has 4 heteroatoms. The van der Waals surface area contributed by atoms with Gasteiger partial charge in [-0.05, 0) is 38.3 Å². The van der Waals surface area contributed by atoms with E-state index in [0.717, 1.165) is 31.5 Å². The molecule has 0 aromatic carbocycles. The van der Waals surface area contributed by atoms with Crippen LogP contribution in [0.2, 0.25) is 0 Å². The molecule has 0 amide bonds. The first-order valence-corrected chi connectivity index (χ1v) is 6.87. The first-order chi connectivity index (χ1) is 9.00. The number of carboxylic acid groups (broad SMARTS) is 1. The Morgan fingerprint density at radius 2 is 2.16 bits per heavy atom. The van der Waals surface area contributed by atoms with Crippen LogP contribution in [0.3, 0.4) is 0 Å². The van der Waals surface area contributed by atoms with Gasteiger partial charge in [0.1, 0.15) is 0 Å². The van der Waals surface area contributed by atoms with Crippen molar-refractivity contribution in [3.63, 3.8) is 0 Å². The zero-order chi connectivity index (χ0) is 14.3. The molecule has 4 nitrogen and oxygen atoms in total. The van der Waals surface area contributed by atoms with Crippen molar-refractivity contribution in [2.75, 3.05) is 0 Å². The monoisotopic (exact) mass is 264 g/mol. The van der Waals surface area contributed by atoms with Crippen LogP contribution in [-0.4, -0.2) is 22.1 Å². The Balaban J connectivity index is 2.23. The molecule has 1 rings (SSSR count). The smallest absolute Gasteiger partial charge is 0.306 e. The van der Waals surface area contributed by atoms with Crippen LogP contribution in [0.1, 0.15) is 44.4 Å². The van der Waals surface area contributed by atoms with Crippen molar-refractivity contribution in [1.29, 1.82) is 0 Å². The highest BCUT2D eigenvalue weighted by molar-refractivity contribution is 5.69. The minimum absolute atomic E-state index is 0.245. The highest BCUT2D eigenvalue weighted by atomic mass is 16.4. The summed E-state index contributed by atoms with van der Waals surface area (Å²) in [4.78, 5) is 15.0. The lowest BCUT2D eigenvalue weighted by atomic mass is 10.0. The number of aliphatic carboxylic acids is 1. The van der Waals surface area contributed by atoms with Crippen LogP contribution >= 0.6 is 0 Å². The predicted octanol–water partition coefficient (Wildman–Crippen LogP) is 2.76. The van der Waals surface area contributed by atoms with E-state index in [1.165, 1.54) is 5.56 Å². The minimum atomic E-state index is -0.704. The van der Waals surface area contributed by atoms with Gasteiger partial charge in [-0.2, -0.15) is 0 Å². The van der Waals surface area contributed by atoms with E-state index in [2.05, 4.69) is 30.2 Å². The van der Waals surface area contributed by atoms with E-state index < -0.39 is 5.97 Å².